The first-order chi connectivity index (χ1) is 36.0. The maximum Gasteiger partial charge on any atom is 0.0991 e. The lowest BCUT2D eigenvalue weighted by atomic mass is 9.85. The number of fused-ring (bicyclic) bond motifs is 6. The van der Waals surface area contributed by atoms with Crippen molar-refractivity contribution in [1.29, 1.82) is 10.5 Å². The lowest BCUT2D eigenvalue weighted by Crippen LogP contribution is -2.27. The third-order valence-corrected chi connectivity index (χ3v) is 14.4. The summed E-state index contributed by atoms with van der Waals surface area (Å²) in [6.45, 7) is 4.07. The highest BCUT2D eigenvalue weighted by molar-refractivity contribution is 6.22. The van der Waals surface area contributed by atoms with Crippen LogP contribution in [0.5, 0.6) is 0 Å². The second-order valence-corrected chi connectivity index (χ2v) is 18.6. The molecular weight excluding hydrogens is 887 g/mol. The Kier molecular flexibility index (Phi) is 11.5. The van der Waals surface area contributed by atoms with Gasteiger partial charge in [-0.1, -0.05) is 133 Å². The zero-order valence-corrected chi connectivity index (χ0v) is 40.5. The van der Waals surface area contributed by atoms with Crippen molar-refractivity contribution in [3.8, 4) is 34.4 Å². The molecule has 5 heteroatoms. The summed E-state index contributed by atoms with van der Waals surface area (Å²) in [4.78, 5) is 10.3. The largest absolute Gasteiger partial charge is 0.333 e. The first kappa shape index (κ1) is 44.5. The van der Waals surface area contributed by atoms with Gasteiger partial charge in [0.05, 0.1) is 40.8 Å². The monoisotopic (exact) mass is 933 g/mol. The van der Waals surface area contributed by atoms with E-state index in [-0.39, 0.29) is 6.04 Å². The molecule has 12 rings (SSSR count). The quantitative estimate of drug-likeness (QED) is 0.0776. The number of rotatable bonds is 10. The van der Waals surface area contributed by atoms with E-state index in [0.717, 1.165) is 118 Å². The molecule has 11 aromatic rings. The first-order valence-electron chi connectivity index (χ1n) is 24.8. The van der Waals surface area contributed by atoms with E-state index in [0.29, 0.717) is 11.1 Å². The van der Waals surface area contributed by atoms with Gasteiger partial charge in [-0.3, -0.25) is 4.98 Å². The smallest absolute Gasteiger partial charge is 0.0991 e. The van der Waals surface area contributed by atoms with Gasteiger partial charge in [0.25, 0.3) is 0 Å². The van der Waals surface area contributed by atoms with Crippen LogP contribution in [0.2, 0.25) is 0 Å². The third-order valence-electron chi connectivity index (χ3n) is 14.4. The Balaban J connectivity index is 1.19. The van der Waals surface area contributed by atoms with Gasteiger partial charge < -0.3 is 9.80 Å². The number of hydrogen-bond donors (Lipinski definition) is 0. The Morgan fingerprint density at radius 3 is 2.14 bits per heavy atom. The number of benzene rings is 9. The van der Waals surface area contributed by atoms with Crippen molar-refractivity contribution in [2.45, 2.75) is 32.7 Å². The van der Waals surface area contributed by atoms with E-state index in [2.05, 4.69) is 211 Å². The summed E-state index contributed by atoms with van der Waals surface area (Å²) in [7, 11) is 0. The molecular formula is C68H47N5. The van der Waals surface area contributed by atoms with Crippen molar-refractivity contribution in [1.82, 2.24) is 4.98 Å². The fourth-order valence-corrected chi connectivity index (χ4v) is 10.8. The molecule has 0 saturated heterocycles. The minimum atomic E-state index is -0.179. The van der Waals surface area contributed by atoms with Gasteiger partial charge in [0.1, 0.15) is 0 Å². The summed E-state index contributed by atoms with van der Waals surface area (Å²) in [6.07, 6.45) is 14.4. The van der Waals surface area contributed by atoms with Crippen molar-refractivity contribution in [3.05, 3.63) is 247 Å². The average Bonchev–Trinajstić information content (AvgIpc) is 3.45. The maximum absolute atomic E-state index is 9.96. The SMILES string of the molecule is CC=C(C#N)C=CC(C)N(c1cnc2c(-c3ccc4c(c3)C=CCC4)c3cc(N(c4ccc(C#N)cc4)c4cccc5ccccc45)ccc3c(-c3ccc4c#cccc4c3)c2c1)c1cccc2ccccc12. The average molecular weight is 934 g/mol. The van der Waals surface area contributed by atoms with Gasteiger partial charge in [-0.25, -0.2) is 0 Å². The zero-order chi connectivity index (χ0) is 49.4. The van der Waals surface area contributed by atoms with Crippen LogP contribution in [0.1, 0.15) is 37.0 Å². The Morgan fingerprint density at radius 2 is 1.36 bits per heavy atom. The number of aryl methyl sites for hydroxylation is 1. The summed E-state index contributed by atoms with van der Waals surface area (Å²) in [6, 6.07) is 75.5. The lowest BCUT2D eigenvalue weighted by molar-refractivity contribution is 0.865. The number of allylic oxidation sites excluding steroid dienone is 4. The van der Waals surface area contributed by atoms with Gasteiger partial charge in [0, 0.05) is 55.8 Å². The van der Waals surface area contributed by atoms with Crippen LogP contribution in [0.4, 0.5) is 28.4 Å². The third kappa shape index (κ3) is 8.08. The number of nitrogens with zero attached hydrogens (tertiary/aromatic N) is 5. The number of nitriles is 2. The molecule has 5 nitrogen and oxygen atoms in total. The Morgan fingerprint density at radius 1 is 0.644 bits per heavy atom. The number of hydrogen-bond acceptors (Lipinski definition) is 5. The Hall–Kier alpha value is -9.73. The van der Waals surface area contributed by atoms with Crippen LogP contribution in [-0.4, -0.2) is 11.0 Å². The molecule has 1 aliphatic rings. The van der Waals surface area contributed by atoms with Crippen LogP contribution >= 0.6 is 0 Å². The van der Waals surface area contributed by atoms with Gasteiger partial charge >= 0.3 is 0 Å². The van der Waals surface area contributed by atoms with E-state index >= 15 is 0 Å². The molecule has 344 valence electrons. The van der Waals surface area contributed by atoms with E-state index in [4.69, 9.17) is 4.98 Å². The zero-order valence-electron chi connectivity index (χ0n) is 40.5. The van der Waals surface area contributed by atoms with Crippen LogP contribution < -0.4 is 9.80 Å². The summed E-state index contributed by atoms with van der Waals surface area (Å²) in [5.74, 6) is 0. The van der Waals surface area contributed by atoms with Crippen LogP contribution in [0.3, 0.4) is 0 Å². The van der Waals surface area contributed by atoms with Gasteiger partial charge in [0.2, 0.25) is 0 Å². The highest BCUT2D eigenvalue weighted by Crippen LogP contribution is 2.49. The number of anilines is 5. The summed E-state index contributed by atoms with van der Waals surface area (Å²) in [5, 5.41) is 29.6. The topological polar surface area (TPSA) is 67.0 Å². The van der Waals surface area contributed by atoms with Crippen molar-refractivity contribution in [2.75, 3.05) is 9.80 Å². The van der Waals surface area contributed by atoms with E-state index < -0.39 is 0 Å². The molecule has 0 fully saturated rings. The molecule has 1 aromatic heterocycles. The molecule has 1 unspecified atom stereocenters. The molecule has 0 amide bonds. The Labute approximate surface area is 425 Å². The maximum atomic E-state index is 9.96. The molecule has 1 aliphatic carbocycles. The summed E-state index contributed by atoms with van der Waals surface area (Å²) < 4.78 is 0. The van der Waals surface area contributed by atoms with Crippen molar-refractivity contribution < 1.29 is 0 Å². The van der Waals surface area contributed by atoms with E-state index in [9.17, 15) is 10.5 Å². The van der Waals surface area contributed by atoms with Gasteiger partial charge in [0.15, 0.2) is 0 Å². The minimum Gasteiger partial charge on any atom is -0.333 e. The number of pyridine rings is 1. The standard InChI is InChI=1S/C68H47N5/c1-3-46(42-69)27-26-45(2)72(64-24-12-20-50-16-8-10-22-59(50)64)58-41-63-66(54-32-30-48-14-4-6-18-52(48)38-54)61-37-36-57(40-62(61)67(68(63)71-44-58)55-33-31-49-15-5-7-19-53(49)39-55)73(56-34-28-47(43-70)29-35-56)65-25-13-21-51-17-9-11-23-60(51)65/h3,6-13,16-41,44-45H,5,15H2,1-2H3. The molecule has 0 N–H and O–H groups in total. The minimum absolute atomic E-state index is 0.179. The van der Waals surface area contributed by atoms with Crippen molar-refractivity contribution >= 4 is 88.5 Å². The lowest BCUT2D eigenvalue weighted by Gasteiger charge is -2.31. The second-order valence-electron chi connectivity index (χ2n) is 18.6. The van der Waals surface area contributed by atoms with Gasteiger partial charge in [-0.15, -0.1) is 0 Å². The highest BCUT2D eigenvalue weighted by Gasteiger charge is 2.25. The second kappa shape index (κ2) is 18.9. The summed E-state index contributed by atoms with van der Waals surface area (Å²) >= 11 is 0. The van der Waals surface area contributed by atoms with Gasteiger partial charge in [-0.2, -0.15) is 10.5 Å². The normalized spacial score (nSPS) is 12.7. The summed E-state index contributed by atoms with van der Waals surface area (Å²) in [5.41, 5.74) is 13.8. The van der Waals surface area contributed by atoms with Crippen molar-refractivity contribution in [2.24, 2.45) is 0 Å². The molecule has 1 heterocycles. The van der Waals surface area contributed by atoms with E-state index in [1.54, 1.807) is 0 Å². The van der Waals surface area contributed by atoms with Crippen molar-refractivity contribution in [3.63, 3.8) is 0 Å². The molecule has 0 radical (unpaired) electrons. The number of aromatic nitrogens is 1. The molecule has 1 atom stereocenters. The molecule has 0 bridgehead atoms. The van der Waals surface area contributed by atoms with Crippen LogP contribution in [0, 0.1) is 34.8 Å². The fourth-order valence-electron chi connectivity index (χ4n) is 10.8. The van der Waals surface area contributed by atoms with E-state index in [1.807, 2.05) is 55.6 Å². The molecule has 0 saturated carbocycles. The molecule has 0 spiro atoms. The fraction of sp³-hybridized carbons (Fsp3) is 0.0735. The predicted octanol–water partition coefficient (Wildman–Crippen LogP) is 17.6. The highest BCUT2D eigenvalue weighted by atomic mass is 15.2. The Bertz CT molecular complexity index is 4150. The van der Waals surface area contributed by atoms with Gasteiger partial charge in [-0.05, 0) is 172 Å². The predicted molar refractivity (Wildman–Crippen MR) is 304 cm³/mol. The van der Waals surface area contributed by atoms with Crippen LogP contribution in [0.25, 0.3) is 82.3 Å². The molecule has 10 aromatic carbocycles. The first-order valence-corrected chi connectivity index (χ1v) is 24.8. The van der Waals surface area contributed by atoms with Crippen LogP contribution in [-0.2, 0) is 6.42 Å². The van der Waals surface area contributed by atoms with Crippen LogP contribution in [0.15, 0.2) is 218 Å². The molecule has 73 heavy (non-hydrogen) atoms. The molecule has 0 aliphatic heterocycles. The van der Waals surface area contributed by atoms with E-state index in [1.165, 1.54) is 11.1 Å².